The number of rotatable bonds is 4. The number of carbonyl (C=O) groups excluding carboxylic acids is 2. The third-order valence-electron chi connectivity index (χ3n) is 4.31. The van der Waals surface area contributed by atoms with Crippen LogP contribution in [0.15, 0.2) is 42.9 Å². The van der Waals surface area contributed by atoms with Crippen molar-refractivity contribution in [2.75, 3.05) is 13.1 Å². The van der Waals surface area contributed by atoms with Crippen molar-refractivity contribution in [2.24, 2.45) is 0 Å². The van der Waals surface area contributed by atoms with Crippen LogP contribution in [0.1, 0.15) is 52.1 Å². The number of nitrogens with one attached hydrogen (secondary N) is 1. The predicted molar refractivity (Wildman–Crippen MR) is 94.0 cm³/mol. The molecule has 3 heterocycles. The molecule has 130 valence electrons. The second kappa shape index (κ2) is 8.37. The lowest BCUT2D eigenvalue weighted by Gasteiger charge is -2.20. The summed E-state index contributed by atoms with van der Waals surface area (Å²) in [7, 11) is 0. The third kappa shape index (κ3) is 4.62. The van der Waals surface area contributed by atoms with Crippen LogP contribution >= 0.6 is 0 Å². The minimum absolute atomic E-state index is 0.0226. The second-order valence-electron chi connectivity index (χ2n) is 6.18. The molecule has 2 amide bonds. The highest BCUT2D eigenvalue weighted by molar-refractivity contribution is 5.98. The molecule has 0 radical (unpaired) electrons. The first kappa shape index (κ1) is 17.1. The predicted octanol–water partition coefficient (Wildman–Crippen LogP) is 2.42. The van der Waals surface area contributed by atoms with Crippen LogP contribution in [0.2, 0.25) is 0 Å². The van der Waals surface area contributed by atoms with Crippen LogP contribution in [0, 0.1) is 0 Å². The molecular formula is C19H22N4O2. The molecular weight excluding hydrogens is 316 g/mol. The number of carbonyl (C=O) groups is 2. The highest BCUT2D eigenvalue weighted by Crippen LogP contribution is 2.14. The van der Waals surface area contributed by atoms with Crippen molar-refractivity contribution in [1.29, 1.82) is 0 Å². The molecule has 0 unspecified atom stereocenters. The Morgan fingerprint density at radius 1 is 1.08 bits per heavy atom. The van der Waals surface area contributed by atoms with E-state index in [1.165, 1.54) is 19.0 Å². The maximum atomic E-state index is 12.7. The summed E-state index contributed by atoms with van der Waals surface area (Å²) in [5.41, 5.74) is 1.68. The summed E-state index contributed by atoms with van der Waals surface area (Å²) in [5, 5.41) is 2.80. The molecule has 1 aliphatic rings. The summed E-state index contributed by atoms with van der Waals surface area (Å²) >= 11 is 0. The van der Waals surface area contributed by atoms with Crippen LogP contribution in [0.25, 0.3) is 0 Å². The van der Waals surface area contributed by atoms with E-state index in [9.17, 15) is 9.59 Å². The first-order valence-corrected chi connectivity index (χ1v) is 8.66. The number of likely N-dealkylation sites (tertiary alicyclic amines) is 1. The molecule has 6 heteroatoms. The van der Waals surface area contributed by atoms with Crippen LogP contribution < -0.4 is 5.32 Å². The van der Waals surface area contributed by atoms with Crippen LogP contribution in [-0.2, 0) is 6.54 Å². The molecule has 3 rings (SSSR count). The van der Waals surface area contributed by atoms with E-state index in [-0.39, 0.29) is 17.5 Å². The lowest BCUT2D eigenvalue weighted by atomic mass is 10.2. The van der Waals surface area contributed by atoms with E-state index in [1.54, 1.807) is 24.5 Å². The molecule has 0 aliphatic carbocycles. The van der Waals surface area contributed by atoms with Gasteiger partial charge in [-0.15, -0.1) is 0 Å². The Kier molecular flexibility index (Phi) is 5.72. The quantitative estimate of drug-likeness (QED) is 0.929. The monoisotopic (exact) mass is 338 g/mol. The third-order valence-corrected chi connectivity index (χ3v) is 4.31. The van der Waals surface area contributed by atoms with Gasteiger partial charge in [-0.2, -0.15) is 0 Å². The molecule has 0 bridgehead atoms. The highest BCUT2D eigenvalue weighted by atomic mass is 16.2. The van der Waals surface area contributed by atoms with Crippen molar-refractivity contribution < 1.29 is 9.59 Å². The van der Waals surface area contributed by atoms with Gasteiger partial charge in [0, 0.05) is 43.8 Å². The summed E-state index contributed by atoms with van der Waals surface area (Å²) in [5.74, 6) is -0.319. The minimum Gasteiger partial charge on any atom is -0.347 e. The van der Waals surface area contributed by atoms with Crippen molar-refractivity contribution >= 4 is 11.8 Å². The Balaban J connectivity index is 1.65. The first-order valence-electron chi connectivity index (χ1n) is 8.66. The number of hydrogen-bond acceptors (Lipinski definition) is 4. The van der Waals surface area contributed by atoms with Gasteiger partial charge in [0.1, 0.15) is 5.69 Å². The average molecular weight is 338 g/mol. The molecule has 6 nitrogen and oxygen atoms in total. The average Bonchev–Trinajstić information content (AvgIpc) is 2.96. The van der Waals surface area contributed by atoms with Gasteiger partial charge in [-0.3, -0.25) is 19.6 Å². The van der Waals surface area contributed by atoms with E-state index in [4.69, 9.17) is 0 Å². The largest absolute Gasteiger partial charge is 0.347 e. The molecule has 2 aromatic heterocycles. The van der Waals surface area contributed by atoms with Crippen molar-refractivity contribution in [3.63, 3.8) is 0 Å². The van der Waals surface area contributed by atoms with E-state index in [2.05, 4.69) is 15.3 Å². The second-order valence-corrected chi connectivity index (χ2v) is 6.18. The number of hydrogen-bond donors (Lipinski definition) is 1. The molecule has 1 fully saturated rings. The smallest absolute Gasteiger partial charge is 0.270 e. The zero-order chi connectivity index (χ0) is 17.5. The summed E-state index contributed by atoms with van der Waals surface area (Å²) < 4.78 is 0. The zero-order valence-electron chi connectivity index (χ0n) is 14.1. The molecule has 2 aromatic rings. The molecule has 25 heavy (non-hydrogen) atoms. The first-order chi connectivity index (χ1) is 12.2. The van der Waals surface area contributed by atoms with Crippen molar-refractivity contribution in [2.45, 2.75) is 32.2 Å². The van der Waals surface area contributed by atoms with Gasteiger partial charge in [0.15, 0.2) is 0 Å². The Bertz CT molecular complexity index is 725. The fourth-order valence-corrected chi connectivity index (χ4v) is 2.92. The molecule has 1 aliphatic heterocycles. The van der Waals surface area contributed by atoms with Crippen LogP contribution in [0.3, 0.4) is 0 Å². The molecule has 0 spiro atoms. The SMILES string of the molecule is O=C(NCc1cccnc1)c1cc(C(=O)N2CCCCCC2)ccn1. The van der Waals surface area contributed by atoms with Crippen molar-refractivity contribution in [3.05, 3.63) is 59.7 Å². The molecule has 0 atom stereocenters. The molecule has 1 saturated heterocycles. The van der Waals surface area contributed by atoms with E-state index >= 15 is 0 Å². The zero-order valence-corrected chi connectivity index (χ0v) is 14.1. The lowest BCUT2D eigenvalue weighted by Crippen LogP contribution is -2.32. The van der Waals surface area contributed by atoms with Crippen LogP contribution in [0.5, 0.6) is 0 Å². The van der Waals surface area contributed by atoms with Crippen molar-refractivity contribution in [1.82, 2.24) is 20.2 Å². The van der Waals surface area contributed by atoms with Crippen LogP contribution in [0.4, 0.5) is 0 Å². The van der Waals surface area contributed by atoms with Gasteiger partial charge in [-0.1, -0.05) is 18.9 Å². The fraction of sp³-hybridized carbons (Fsp3) is 0.368. The van der Waals surface area contributed by atoms with E-state index in [0.29, 0.717) is 12.1 Å². The topological polar surface area (TPSA) is 75.2 Å². The highest BCUT2D eigenvalue weighted by Gasteiger charge is 2.18. The Morgan fingerprint density at radius 2 is 1.88 bits per heavy atom. The summed E-state index contributed by atoms with van der Waals surface area (Å²) in [6.07, 6.45) is 9.32. The van der Waals surface area contributed by atoms with Crippen molar-refractivity contribution in [3.8, 4) is 0 Å². The summed E-state index contributed by atoms with van der Waals surface area (Å²) in [6, 6.07) is 6.96. The fourth-order valence-electron chi connectivity index (χ4n) is 2.92. The maximum absolute atomic E-state index is 12.7. The van der Waals surface area contributed by atoms with Gasteiger partial charge in [-0.25, -0.2) is 0 Å². The van der Waals surface area contributed by atoms with Gasteiger partial charge < -0.3 is 10.2 Å². The van der Waals surface area contributed by atoms with E-state index < -0.39 is 0 Å². The van der Waals surface area contributed by atoms with Gasteiger partial charge in [0.2, 0.25) is 0 Å². The number of amides is 2. The Labute approximate surface area is 147 Å². The Hall–Kier alpha value is -2.76. The van der Waals surface area contributed by atoms with E-state index in [0.717, 1.165) is 31.5 Å². The van der Waals surface area contributed by atoms with Gasteiger partial charge in [0.25, 0.3) is 11.8 Å². The molecule has 1 N–H and O–H groups in total. The lowest BCUT2D eigenvalue weighted by molar-refractivity contribution is 0.0761. The maximum Gasteiger partial charge on any atom is 0.270 e. The molecule has 0 aromatic carbocycles. The normalized spacial score (nSPS) is 14.6. The van der Waals surface area contributed by atoms with Crippen LogP contribution in [-0.4, -0.2) is 39.8 Å². The summed E-state index contributed by atoms with van der Waals surface area (Å²) in [4.78, 5) is 35.0. The van der Waals surface area contributed by atoms with Gasteiger partial charge in [0.05, 0.1) is 0 Å². The standard InChI is InChI=1S/C19H22N4O2/c24-18(22-14-15-6-5-8-20-13-15)17-12-16(7-9-21-17)19(25)23-10-3-1-2-4-11-23/h5-9,12-13H,1-4,10-11,14H2,(H,22,24). The molecule has 0 saturated carbocycles. The number of nitrogens with zero attached hydrogens (tertiary/aromatic N) is 3. The van der Waals surface area contributed by atoms with Gasteiger partial charge in [-0.05, 0) is 36.6 Å². The van der Waals surface area contributed by atoms with Gasteiger partial charge >= 0.3 is 0 Å². The summed E-state index contributed by atoms with van der Waals surface area (Å²) in [6.45, 7) is 1.94. The minimum atomic E-state index is -0.297. The number of aromatic nitrogens is 2. The van der Waals surface area contributed by atoms with E-state index in [1.807, 2.05) is 17.0 Å². The number of pyridine rings is 2. The Morgan fingerprint density at radius 3 is 2.60 bits per heavy atom.